The number of rotatable bonds is 2. The van der Waals surface area contributed by atoms with Gasteiger partial charge in [-0.25, -0.2) is 17.6 Å². The van der Waals surface area contributed by atoms with Crippen molar-refractivity contribution in [2.45, 2.75) is 4.90 Å². The number of nitrogens with zero attached hydrogens (tertiary/aromatic N) is 3. The van der Waals surface area contributed by atoms with Gasteiger partial charge in [0.25, 0.3) is 0 Å². The number of benzene rings is 2. The highest BCUT2D eigenvalue weighted by Gasteiger charge is 2.21. The van der Waals surface area contributed by atoms with Crippen molar-refractivity contribution < 1.29 is 10.2 Å². The van der Waals surface area contributed by atoms with Crippen LogP contribution in [-0.4, -0.2) is 25.0 Å². The minimum atomic E-state index is -0.411. The lowest BCUT2D eigenvalue weighted by atomic mass is 10.1. The molecule has 0 spiro atoms. The van der Waals surface area contributed by atoms with Crippen LogP contribution in [0.3, 0.4) is 0 Å². The van der Waals surface area contributed by atoms with Crippen molar-refractivity contribution in [1.82, 2.24) is 14.8 Å². The van der Waals surface area contributed by atoms with Crippen LogP contribution in [0.25, 0.3) is 17.1 Å². The molecular formula is C14H9IN4O3S. The van der Waals surface area contributed by atoms with Gasteiger partial charge in [0.2, 0.25) is 0 Å². The number of nitrogens with one attached hydrogen (secondary N) is 1. The maximum absolute atomic E-state index is 12.3. The predicted molar refractivity (Wildman–Crippen MR) is 94.9 cm³/mol. The lowest BCUT2D eigenvalue weighted by molar-refractivity contribution is 0.451. The fourth-order valence-electron chi connectivity index (χ4n) is 2.34. The maximum atomic E-state index is 12.3. The first-order valence-electron chi connectivity index (χ1n) is 6.50. The number of aromatic amines is 1. The summed E-state index contributed by atoms with van der Waals surface area (Å²) in [6.45, 7) is 0. The molecule has 9 heteroatoms. The van der Waals surface area contributed by atoms with Crippen molar-refractivity contribution in [3.05, 3.63) is 46.9 Å². The molecule has 0 saturated heterocycles. The molecule has 0 radical (unpaired) electrons. The molecule has 2 heterocycles. The second-order valence-corrected chi connectivity index (χ2v) is 8.46. The van der Waals surface area contributed by atoms with E-state index in [0.717, 1.165) is 10.6 Å². The largest absolute Gasteiger partial charge is 0.508 e. The minimum Gasteiger partial charge on any atom is -0.508 e. The van der Waals surface area contributed by atoms with E-state index in [9.17, 15) is 15.0 Å². The summed E-state index contributed by atoms with van der Waals surface area (Å²) in [6.07, 6.45) is 0. The van der Waals surface area contributed by atoms with Crippen molar-refractivity contribution in [3.8, 4) is 28.6 Å². The van der Waals surface area contributed by atoms with Crippen LogP contribution in [0.2, 0.25) is 0 Å². The quantitative estimate of drug-likeness (QED) is 0.530. The normalized spacial score (nSPS) is 12.9. The maximum Gasteiger partial charge on any atom is 0.348 e. The highest BCUT2D eigenvalue weighted by molar-refractivity contribution is 14.2. The van der Waals surface area contributed by atoms with Crippen molar-refractivity contribution >= 4 is 34.3 Å². The summed E-state index contributed by atoms with van der Waals surface area (Å²) in [4.78, 5) is 13.3. The molecule has 1 aliphatic heterocycles. The van der Waals surface area contributed by atoms with Crippen LogP contribution in [0.5, 0.6) is 11.5 Å². The molecule has 0 fully saturated rings. The number of aromatic nitrogens is 3. The Balaban J connectivity index is 1.99. The second kappa shape index (κ2) is 5.49. The summed E-state index contributed by atoms with van der Waals surface area (Å²) in [5, 5.41) is 25.9. The first kappa shape index (κ1) is 14.5. The predicted octanol–water partition coefficient (Wildman–Crippen LogP) is 3.45. The van der Waals surface area contributed by atoms with Crippen LogP contribution in [0, 0.1) is 0 Å². The van der Waals surface area contributed by atoms with E-state index in [0.29, 0.717) is 11.3 Å². The van der Waals surface area contributed by atoms with Crippen LogP contribution in [0.4, 0.5) is 5.69 Å². The van der Waals surface area contributed by atoms with Gasteiger partial charge in [-0.2, -0.15) is 5.10 Å². The molecule has 3 aromatic rings. The summed E-state index contributed by atoms with van der Waals surface area (Å²) in [7, 11) is 1.71. The lowest BCUT2D eigenvalue weighted by Gasteiger charge is -2.10. The molecule has 23 heavy (non-hydrogen) atoms. The van der Waals surface area contributed by atoms with Gasteiger partial charge in [0.1, 0.15) is 17.2 Å². The van der Waals surface area contributed by atoms with Crippen molar-refractivity contribution in [1.29, 1.82) is 0 Å². The summed E-state index contributed by atoms with van der Waals surface area (Å²) in [5.41, 5.74) is 1.35. The molecule has 0 saturated carbocycles. The lowest BCUT2D eigenvalue weighted by Crippen LogP contribution is -2.15. The first-order chi connectivity index (χ1) is 11.1. The zero-order valence-corrected chi connectivity index (χ0v) is 14.4. The molecule has 0 bridgehead atoms. The Hall–Kier alpha value is -2.14. The van der Waals surface area contributed by atoms with Crippen LogP contribution in [0.1, 0.15) is 0 Å². The Bertz CT molecular complexity index is 1010. The first-order valence-corrected chi connectivity index (χ1v) is 10.8. The third kappa shape index (κ3) is 2.36. The number of phenols is 2. The van der Waals surface area contributed by atoms with Gasteiger partial charge in [0.15, 0.2) is 5.82 Å². The van der Waals surface area contributed by atoms with Gasteiger partial charge in [-0.05, 0) is 33.2 Å². The number of H-pyrrole nitrogens is 1. The molecule has 3 N–H and O–H groups in total. The monoisotopic (exact) mass is 440 g/mol. The Morgan fingerprint density at radius 1 is 1.22 bits per heavy atom. The molecule has 0 amide bonds. The fourth-order valence-corrected chi connectivity index (χ4v) is 6.13. The van der Waals surface area contributed by atoms with Gasteiger partial charge in [-0.1, -0.05) is 6.07 Å². The fraction of sp³-hybridized carbons (Fsp3) is 0. The molecule has 1 aromatic heterocycles. The van der Waals surface area contributed by atoms with Crippen LogP contribution in [-0.2, 0) is 0 Å². The zero-order valence-electron chi connectivity index (χ0n) is 11.4. The van der Waals surface area contributed by atoms with Gasteiger partial charge in [0, 0.05) is 11.0 Å². The van der Waals surface area contributed by atoms with Gasteiger partial charge in [-0.15, -0.1) is 0 Å². The van der Waals surface area contributed by atoms with Gasteiger partial charge in [0.05, 0.1) is 30.9 Å². The van der Waals surface area contributed by atoms with E-state index >= 15 is 0 Å². The standard InChI is InChI=1S/C14H9IN4O3S/c20-7-4-5-8(10(21)6-7)13-17-18-14(22)19(13)9-2-1-3-11-12(9)16-15-23-11/h1-6,20-21H,(H,18,22). The van der Waals surface area contributed by atoms with Crippen LogP contribution >= 0.6 is 28.6 Å². The minimum absolute atomic E-state index is 0.0626. The summed E-state index contributed by atoms with van der Waals surface area (Å²) in [5.74, 6) is 0.0511. The van der Waals surface area contributed by atoms with Crippen molar-refractivity contribution in [2.75, 3.05) is 0 Å². The Morgan fingerprint density at radius 3 is 2.91 bits per heavy atom. The third-order valence-corrected chi connectivity index (χ3v) is 7.07. The molecule has 1 aliphatic rings. The van der Waals surface area contributed by atoms with Crippen molar-refractivity contribution in [2.24, 2.45) is 3.15 Å². The number of hydrogen-bond donors (Lipinski definition) is 3. The van der Waals surface area contributed by atoms with Gasteiger partial charge >= 0.3 is 5.69 Å². The van der Waals surface area contributed by atoms with E-state index in [1.54, 1.807) is 15.0 Å². The Labute approximate surface area is 142 Å². The number of fused-ring (bicyclic) bond motifs is 1. The molecule has 0 unspecified atom stereocenters. The molecule has 0 aliphatic carbocycles. The van der Waals surface area contributed by atoms with Gasteiger partial charge < -0.3 is 10.2 Å². The number of aromatic hydroxyl groups is 2. The Kier molecular flexibility index (Phi) is 3.45. The number of hydrogen-bond acceptors (Lipinski definition) is 6. The molecule has 4 rings (SSSR count). The molecule has 2 aromatic carbocycles. The van der Waals surface area contributed by atoms with E-state index in [1.165, 1.54) is 22.8 Å². The van der Waals surface area contributed by atoms with E-state index in [2.05, 4.69) is 13.3 Å². The summed E-state index contributed by atoms with van der Waals surface area (Å²) in [6, 6.07) is 9.79. The molecule has 7 nitrogen and oxygen atoms in total. The van der Waals surface area contributed by atoms with E-state index < -0.39 is 5.69 Å². The van der Waals surface area contributed by atoms with Gasteiger partial charge in [-0.3, -0.25) is 0 Å². The number of phenolic OH excluding ortho intramolecular Hbond substituents is 2. The second-order valence-electron chi connectivity index (χ2n) is 4.74. The number of halogens is 1. The summed E-state index contributed by atoms with van der Waals surface area (Å²) >= 11 is -0.354. The summed E-state index contributed by atoms with van der Waals surface area (Å²) < 4.78 is 5.93. The van der Waals surface area contributed by atoms with Crippen LogP contribution in [0.15, 0.2) is 49.2 Å². The highest BCUT2D eigenvalue weighted by atomic mass is 127. The SMILES string of the molecule is O=c1[nH]nc(-c2ccc(O)cc2O)n1-c1cccc2c1N=IS2. The third-order valence-electron chi connectivity index (χ3n) is 3.35. The molecule has 0 atom stereocenters. The van der Waals surface area contributed by atoms with E-state index in [4.69, 9.17) is 0 Å². The van der Waals surface area contributed by atoms with E-state index in [1.807, 2.05) is 12.1 Å². The average Bonchev–Trinajstić information content (AvgIpc) is 3.14. The van der Waals surface area contributed by atoms with Crippen molar-refractivity contribution in [3.63, 3.8) is 0 Å². The zero-order chi connectivity index (χ0) is 16.0. The van der Waals surface area contributed by atoms with Crippen LogP contribution < -0.4 is 5.69 Å². The topological polar surface area (TPSA) is 104 Å². The Morgan fingerprint density at radius 2 is 2.09 bits per heavy atom. The molecule has 116 valence electrons. The average molecular weight is 440 g/mol. The highest BCUT2D eigenvalue weighted by Crippen LogP contribution is 2.50. The smallest absolute Gasteiger partial charge is 0.348 e. The molecular weight excluding hydrogens is 431 g/mol. The van der Waals surface area contributed by atoms with E-state index in [-0.39, 0.29) is 37.0 Å².